The van der Waals surface area contributed by atoms with E-state index >= 15 is 0 Å². The van der Waals surface area contributed by atoms with E-state index < -0.39 is 0 Å². The molecule has 0 spiro atoms. The number of halogens is 1. The minimum atomic E-state index is -0.330. The van der Waals surface area contributed by atoms with Gasteiger partial charge in [-0.3, -0.25) is 4.79 Å². The van der Waals surface area contributed by atoms with Crippen LogP contribution < -0.4 is 5.32 Å². The van der Waals surface area contributed by atoms with Crippen LogP contribution in [0.2, 0.25) is 0 Å². The maximum Gasteiger partial charge on any atom is 0.225 e. The summed E-state index contributed by atoms with van der Waals surface area (Å²) < 4.78 is 13.1. The lowest BCUT2D eigenvalue weighted by Gasteiger charge is -2.33. The van der Waals surface area contributed by atoms with E-state index in [9.17, 15) is 9.18 Å². The Morgan fingerprint density at radius 2 is 2.12 bits per heavy atom. The molecule has 1 aromatic rings. The Bertz CT molecular complexity index is 529. The number of nitrogens with zero attached hydrogens (tertiary/aromatic N) is 2. The lowest BCUT2D eigenvalue weighted by atomic mass is 9.96. The molecule has 0 atom stereocenters. The molecule has 5 heteroatoms. The molecule has 1 aliphatic rings. The van der Waals surface area contributed by atoms with Crippen LogP contribution in [0.5, 0.6) is 0 Å². The van der Waals surface area contributed by atoms with Crippen molar-refractivity contribution < 1.29 is 9.18 Å². The lowest BCUT2D eigenvalue weighted by molar-refractivity contribution is -0.116. The van der Waals surface area contributed by atoms with Crippen molar-refractivity contribution in [2.45, 2.75) is 39.0 Å². The molecule has 1 N–H and O–H groups in total. The molecular weight excluding hydrogens is 317 g/mol. The maximum absolute atomic E-state index is 13.1. The molecule has 0 radical (unpaired) electrons. The number of nitrogens with one attached hydrogen (secondary N) is 1. The van der Waals surface area contributed by atoms with Gasteiger partial charge in [-0.2, -0.15) is 0 Å². The Kier molecular flexibility index (Phi) is 8.35. The van der Waals surface area contributed by atoms with Crippen LogP contribution in [-0.2, 0) is 4.79 Å². The van der Waals surface area contributed by atoms with Crippen LogP contribution in [0, 0.1) is 11.7 Å². The summed E-state index contributed by atoms with van der Waals surface area (Å²) in [4.78, 5) is 16.8. The zero-order valence-corrected chi connectivity index (χ0v) is 15.6. The first kappa shape index (κ1) is 19.9. The predicted molar refractivity (Wildman–Crippen MR) is 101 cm³/mol. The predicted octanol–water partition coefficient (Wildman–Crippen LogP) is 3.60. The fourth-order valence-corrected chi connectivity index (χ4v) is 3.40. The number of likely N-dealkylation sites (tertiary alicyclic amines) is 1. The van der Waals surface area contributed by atoms with E-state index in [4.69, 9.17) is 0 Å². The normalized spacial score (nSPS) is 16.3. The van der Waals surface area contributed by atoms with Crippen molar-refractivity contribution in [3.8, 4) is 0 Å². The average Bonchev–Trinajstić information content (AvgIpc) is 2.59. The first-order valence-electron chi connectivity index (χ1n) is 9.53. The number of anilines is 1. The number of rotatable bonds is 9. The fourth-order valence-electron chi connectivity index (χ4n) is 3.40. The molecule has 2 rings (SSSR count). The molecule has 1 amide bonds. The molecule has 140 valence electrons. The van der Waals surface area contributed by atoms with Gasteiger partial charge >= 0.3 is 0 Å². The first-order valence-corrected chi connectivity index (χ1v) is 9.53. The van der Waals surface area contributed by atoms with Gasteiger partial charge in [0.15, 0.2) is 0 Å². The largest absolute Gasteiger partial charge is 0.326 e. The van der Waals surface area contributed by atoms with Crippen LogP contribution in [0.3, 0.4) is 0 Å². The van der Waals surface area contributed by atoms with Crippen LogP contribution in [-0.4, -0.2) is 55.5 Å². The topological polar surface area (TPSA) is 35.6 Å². The summed E-state index contributed by atoms with van der Waals surface area (Å²) in [7, 11) is 2.22. The van der Waals surface area contributed by atoms with E-state index in [-0.39, 0.29) is 11.7 Å². The van der Waals surface area contributed by atoms with Gasteiger partial charge in [0.1, 0.15) is 5.82 Å². The standard InChI is InChI=1S/C20H32FN3O/c1-3-4-11-23(2)16-17-8-12-24(13-9-17)14-10-20(25)22-19-7-5-6-18(21)15-19/h5-7,15,17H,3-4,8-14,16H2,1-2H3,(H,22,25). The molecule has 0 saturated carbocycles. The van der Waals surface area contributed by atoms with E-state index in [2.05, 4.69) is 29.1 Å². The summed E-state index contributed by atoms with van der Waals surface area (Å²) in [5.41, 5.74) is 0.527. The second-order valence-electron chi connectivity index (χ2n) is 7.21. The van der Waals surface area contributed by atoms with E-state index in [0.717, 1.165) is 25.6 Å². The molecule has 0 unspecified atom stereocenters. The summed E-state index contributed by atoms with van der Waals surface area (Å²) in [5.74, 6) is 0.398. The van der Waals surface area contributed by atoms with Crippen molar-refractivity contribution in [1.29, 1.82) is 0 Å². The molecular formula is C20H32FN3O. The van der Waals surface area contributed by atoms with Crippen molar-refractivity contribution in [2.75, 3.05) is 45.1 Å². The second-order valence-corrected chi connectivity index (χ2v) is 7.21. The SMILES string of the molecule is CCCCN(C)CC1CCN(CCC(=O)Nc2cccc(F)c2)CC1. The molecule has 25 heavy (non-hydrogen) atoms. The average molecular weight is 349 g/mol. The van der Waals surface area contributed by atoms with Crippen LogP contribution in [0.25, 0.3) is 0 Å². The van der Waals surface area contributed by atoms with E-state index in [0.29, 0.717) is 12.1 Å². The molecule has 4 nitrogen and oxygen atoms in total. The van der Waals surface area contributed by atoms with Gasteiger partial charge < -0.3 is 15.1 Å². The molecule has 0 aliphatic carbocycles. The first-order chi connectivity index (χ1) is 12.1. The molecule has 0 aromatic heterocycles. The van der Waals surface area contributed by atoms with Gasteiger partial charge in [-0.05, 0) is 70.1 Å². The number of hydrogen-bond donors (Lipinski definition) is 1. The van der Waals surface area contributed by atoms with Gasteiger partial charge in [-0.1, -0.05) is 19.4 Å². The van der Waals surface area contributed by atoms with Gasteiger partial charge in [0.05, 0.1) is 0 Å². The number of benzene rings is 1. The third-order valence-corrected chi connectivity index (χ3v) is 4.93. The maximum atomic E-state index is 13.1. The van der Waals surface area contributed by atoms with Gasteiger partial charge in [0.25, 0.3) is 0 Å². The van der Waals surface area contributed by atoms with Crippen LogP contribution in [0.15, 0.2) is 24.3 Å². The van der Waals surface area contributed by atoms with Crippen LogP contribution >= 0.6 is 0 Å². The summed E-state index contributed by atoms with van der Waals surface area (Å²) in [6.07, 6.45) is 5.40. The van der Waals surface area contributed by atoms with Crippen molar-refractivity contribution in [3.63, 3.8) is 0 Å². The van der Waals surface area contributed by atoms with Crippen molar-refractivity contribution in [1.82, 2.24) is 9.80 Å². The highest BCUT2D eigenvalue weighted by molar-refractivity contribution is 5.90. The van der Waals surface area contributed by atoms with Gasteiger partial charge in [-0.15, -0.1) is 0 Å². The Hall–Kier alpha value is -1.46. The van der Waals surface area contributed by atoms with E-state index in [1.165, 1.54) is 50.9 Å². The molecule has 1 aromatic carbocycles. The van der Waals surface area contributed by atoms with Crippen LogP contribution in [0.4, 0.5) is 10.1 Å². The highest BCUT2D eigenvalue weighted by Gasteiger charge is 2.20. The Morgan fingerprint density at radius 1 is 1.36 bits per heavy atom. The third-order valence-electron chi connectivity index (χ3n) is 4.93. The number of hydrogen-bond acceptors (Lipinski definition) is 3. The Balaban J connectivity index is 1.62. The highest BCUT2D eigenvalue weighted by Crippen LogP contribution is 2.18. The molecule has 1 heterocycles. The summed E-state index contributed by atoms with van der Waals surface area (Å²) in [6.45, 7) is 7.53. The number of carbonyl (C=O) groups is 1. The fraction of sp³-hybridized carbons (Fsp3) is 0.650. The number of amides is 1. The number of piperidine rings is 1. The lowest BCUT2D eigenvalue weighted by Crippen LogP contribution is -2.39. The summed E-state index contributed by atoms with van der Waals surface area (Å²) >= 11 is 0. The van der Waals surface area contributed by atoms with Crippen molar-refractivity contribution in [2.24, 2.45) is 5.92 Å². The van der Waals surface area contributed by atoms with Gasteiger partial charge in [0, 0.05) is 25.2 Å². The Labute approximate surface area is 151 Å². The molecule has 1 saturated heterocycles. The minimum Gasteiger partial charge on any atom is -0.326 e. The number of carbonyl (C=O) groups excluding carboxylic acids is 1. The second kappa shape index (κ2) is 10.5. The number of unbranched alkanes of at least 4 members (excludes halogenated alkanes) is 1. The molecule has 1 aliphatic heterocycles. The summed E-state index contributed by atoms with van der Waals surface area (Å²) in [6, 6.07) is 6.03. The third kappa shape index (κ3) is 7.53. The van der Waals surface area contributed by atoms with E-state index in [1.54, 1.807) is 12.1 Å². The molecule has 0 bridgehead atoms. The zero-order chi connectivity index (χ0) is 18.1. The Morgan fingerprint density at radius 3 is 2.80 bits per heavy atom. The van der Waals surface area contributed by atoms with Gasteiger partial charge in [-0.25, -0.2) is 4.39 Å². The smallest absolute Gasteiger partial charge is 0.225 e. The molecule has 1 fully saturated rings. The van der Waals surface area contributed by atoms with Crippen molar-refractivity contribution in [3.05, 3.63) is 30.1 Å². The van der Waals surface area contributed by atoms with Crippen molar-refractivity contribution >= 4 is 11.6 Å². The highest BCUT2D eigenvalue weighted by atomic mass is 19.1. The van der Waals surface area contributed by atoms with E-state index in [1.807, 2.05) is 0 Å². The zero-order valence-electron chi connectivity index (χ0n) is 15.6. The minimum absolute atomic E-state index is 0.0491. The summed E-state index contributed by atoms with van der Waals surface area (Å²) in [5, 5.41) is 2.76. The van der Waals surface area contributed by atoms with Gasteiger partial charge in [0.2, 0.25) is 5.91 Å². The quantitative estimate of drug-likeness (QED) is 0.740. The van der Waals surface area contributed by atoms with Crippen LogP contribution in [0.1, 0.15) is 39.0 Å². The monoisotopic (exact) mass is 349 g/mol.